The van der Waals surface area contributed by atoms with Crippen LogP contribution in [0.4, 0.5) is 13.2 Å². The van der Waals surface area contributed by atoms with Gasteiger partial charge in [-0.2, -0.15) is 13.2 Å². The van der Waals surface area contributed by atoms with Crippen molar-refractivity contribution >= 4 is 5.78 Å². The first kappa shape index (κ1) is 13.7. The van der Waals surface area contributed by atoms with Crippen LogP contribution in [0.25, 0.3) is 0 Å². The van der Waals surface area contributed by atoms with Crippen LogP contribution in [0.1, 0.15) is 31.0 Å². The Hall–Kier alpha value is -1.36. The van der Waals surface area contributed by atoms with Gasteiger partial charge in [0.05, 0.1) is 11.6 Å². The summed E-state index contributed by atoms with van der Waals surface area (Å²) in [7, 11) is 0. The number of hydrogen-bond donors (Lipinski definition) is 1. The molecule has 0 saturated heterocycles. The van der Waals surface area contributed by atoms with Crippen LogP contribution in [-0.2, 0) is 11.0 Å². The number of hydrogen-bond acceptors (Lipinski definition) is 2. The van der Waals surface area contributed by atoms with Crippen LogP contribution in [-0.4, -0.2) is 5.78 Å². The van der Waals surface area contributed by atoms with Gasteiger partial charge in [0.2, 0.25) is 0 Å². The van der Waals surface area contributed by atoms with E-state index in [9.17, 15) is 18.0 Å². The molecule has 0 radical (unpaired) electrons. The molecule has 1 aromatic carbocycles. The summed E-state index contributed by atoms with van der Waals surface area (Å²) in [5.41, 5.74) is 5.32. The van der Waals surface area contributed by atoms with E-state index in [1.54, 1.807) is 13.8 Å². The fourth-order valence-electron chi connectivity index (χ4n) is 1.40. The molecule has 0 aliphatic heterocycles. The Kier molecular flexibility index (Phi) is 3.93. The van der Waals surface area contributed by atoms with Gasteiger partial charge in [0.15, 0.2) is 5.78 Å². The molecule has 94 valence electrons. The summed E-state index contributed by atoms with van der Waals surface area (Å²) >= 11 is 0. The molecule has 2 N–H and O–H groups in total. The minimum absolute atomic E-state index is 0.190. The van der Waals surface area contributed by atoms with Crippen molar-refractivity contribution in [1.82, 2.24) is 0 Å². The molecule has 17 heavy (non-hydrogen) atoms. The van der Waals surface area contributed by atoms with E-state index in [2.05, 4.69) is 0 Å². The molecular formula is C12H14F3NO. The second-order valence-corrected chi connectivity index (χ2v) is 4.15. The molecular weight excluding hydrogens is 231 g/mol. The van der Waals surface area contributed by atoms with Gasteiger partial charge in [-0.25, -0.2) is 0 Å². The second kappa shape index (κ2) is 4.87. The summed E-state index contributed by atoms with van der Waals surface area (Å²) in [6.07, 6.45) is -4.37. The smallest absolute Gasteiger partial charge is 0.318 e. The molecule has 0 amide bonds. The third-order valence-electron chi connectivity index (χ3n) is 2.47. The Labute approximate surface area is 97.6 Å². The van der Waals surface area contributed by atoms with E-state index in [1.807, 2.05) is 0 Å². The summed E-state index contributed by atoms with van der Waals surface area (Å²) in [5.74, 6) is -0.433. The Morgan fingerprint density at radius 2 is 1.65 bits per heavy atom. The maximum atomic E-state index is 12.3. The fraction of sp³-hybridized carbons (Fsp3) is 0.417. The zero-order valence-electron chi connectivity index (χ0n) is 9.58. The predicted molar refractivity (Wildman–Crippen MR) is 58.2 cm³/mol. The first-order chi connectivity index (χ1) is 7.73. The highest BCUT2D eigenvalue weighted by Crippen LogP contribution is 2.29. The summed E-state index contributed by atoms with van der Waals surface area (Å²) in [6, 6.07) is 3.49. The summed E-state index contributed by atoms with van der Waals surface area (Å²) in [4.78, 5) is 11.6. The highest BCUT2D eigenvalue weighted by atomic mass is 19.4. The molecule has 0 aliphatic carbocycles. The van der Waals surface area contributed by atoms with Gasteiger partial charge >= 0.3 is 6.18 Å². The highest BCUT2D eigenvalue weighted by Gasteiger charge is 2.30. The van der Waals surface area contributed by atoms with Crippen LogP contribution in [0.2, 0.25) is 0 Å². The number of ketones is 1. The molecule has 0 heterocycles. The second-order valence-electron chi connectivity index (χ2n) is 4.15. The third kappa shape index (κ3) is 3.30. The molecule has 0 aliphatic rings. The lowest BCUT2D eigenvalue weighted by molar-refractivity contribution is -0.137. The summed E-state index contributed by atoms with van der Waals surface area (Å²) < 4.78 is 36.9. The van der Waals surface area contributed by atoms with Crippen molar-refractivity contribution in [2.24, 2.45) is 11.7 Å². The van der Waals surface area contributed by atoms with E-state index in [0.717, 1.165) is 12.1 Å². The SMILES string of the molecule is CC(C)C(=O)[C@H](N)c1ccc(C(F)(F)F)cc1. The van der Waals surface area contributed by atoms with Crippen molar-refractivity contribution in [3.8, 4) is 0 Å². The average molecular weight is 245 g/mol. The van der Waals surface area contributed by atoms with E-state index in [4.69, 9.17) is 5.73 Å². The first-order valence-electron chi connectivity index (χ1n) is 5.20. The standard InChI is InChI=1S/C12H14F3NO/c1-7(2)11(17)10(16)8-3-5-9(6-4-8)12(13,14)15/h3-7,10H,16H2,1-2H3/t10-/m1/s1. The van der Waals surface area contributed by atoms with E-state index in [1.165, 1.54) is 12.1 Å². The molecule has 1 atom stereocenters. The fourth-order valence-corrected chi connectivity index (χ4v) is 1.40. The summed E-state index contributed by atoms with van der Waals surface area (Å²) in [5, 5.41) is 0. The Bertz CT molecular complexity index is 395. The van der Waals surface area contributed by atoms with Crippen LogP contribution in [0, 0.1) is 5.92 Å². The molecule has 0 fully saturated rings. The number of benzene rings is 1. The number of rotatable bonds is 3. The Morgan fingerprint density at radius 1 is 1.18 bits per heavy atom. The molecule has 0 spiro atoms. The normalized spacial score (nSPS) is 13.8. The zero-order chi connectivity index (χ0) is 13.2. The lowest BCUT2D eigenvalue weighted by atomic mass is 9.95. The van der Waals surface area contributed by atoms with E-state index < -0.39 is 17.8 Å². The number of halogens is 3. The van der Waals surface area contributed by atoms with Gasteiger partial charge in [-0.05, 0) is 17.7 Å². The largest absolute Gasteiger partial charge is 0.416 e. The lowest BCUT2D eigenvalue weighted by Gasteiger charge is -2.14. The minimum atomic E-state index is -4.37. The van der Waals surface area contributed by atoms with E-state index in [0.29, 0.717) is 5.56 Å². The number of nitrogens with two attached hydrogens (primary N) is 1. The number of Topliss-reactive ketones (excluding diaryl/α,β-unsaturated/α-hetero) is 1. The van der Waals surface area contributed by atoms with E-state index >= 15 is 0 Å². The maximum Gasteiger partial charge on any atom is 0.416 e. The Balaban J connectivity index is 2.92. The monoisotopic (exact) mass is 245 g/mol. The number of carbonyl (C=O) groups excluding carboxylic acids is 1. The topological polar surface area (TPSA) is 43.1 Å². The van der Waals surface area contributed by atoms with Gasteiger partial charge < -0.3 is 5.73 Å². The van der Waals surface area contributed by atoms with Crippen LogP contribution in [0.5, 0.6) is 0 Å². The van der Waals surface area contributed by atoms with Gasteiger partial charge in [-0.15, -0.1) is 0 Å². The molecule has 0 aromatic heterocycles. The quantitative estimate of drug-likeness (QED) is 0.889. The molecule has 2 nitrogen and oxygen atoms in total. The molecule has 0 unspecified atom stereocenters. The Morgan fingerprint density at radius 3 is 2.00 bits per heavy atom. The lowest BCUT2D eigenvalue weighted by Crippen LogP contribution is -2.25. The van der Waals surface area contributed by atoms with Gasteiger partial charge in [0.1, 0.15) is 0 Å². The van der Waals surface area contributed by atoms with Gasteiger partial charge in [0, 0.05) is 5.92 Å². The van der Waals surface area contributed by atoms with Crippen molar-refractivity contribution in [2.75, 3.05) is 0 Å². The van der Waals surface area contributed by atoms with Crippen molar-refractivity contribution in [3.05, 3.63) is 35.4 Å². The molecule has 1 rings (SSSR count). The van der Waals surface area contributed by atoms with Crippen LogP contribution in [0.3, 0.4) is 0 Å². The van der Waals surface area contributed by atoms with Crippen molar-refractivity contribution in [3.63, 3.8) is 0 Å². The summed E-state index contributed by atoms with van der Waals surface area (Å²) in [6.45, 7) is 3.40. The molecule has 1 aromatic rings. The van der Waals surface area contributed by atoms with E-state index in [-0.39, 0.29) is 11.7 Å². The van der Waals surface area contributed by atoms with Crippen molar-refractivity contribution < 1.29 is 18.0 Å². The highest BCUT2D eigenvalue weighted by molar-refractivity contribution is 5.86. The third-order valence-corrected chi connectivity index (χ3v) is 2.47. The number of alkyl halides is 3. The zero-order valence-corrected chi connectivity index (χ0v) is 9.58. The van der Waals surface area contributed by atoms with Crippen LogP contribution in [0.15, 0.2) is 24.3 Å². The van der Waals surface area contributed by atoms with Crippen molar-refractivity contribution in [1.29, 1.82) is 0 Å². The van der Waals surface area contributed by atoms with Crippen LogP contribution < -0.4 is 5.73 Å². The molecule has 5 heteroatoms. The first-order valence-corrected chi connectivity index (χ1v) is 5.20. The predicted octanol–water partition coefficient (Wildman–Crippen LogP) is 2.93. The van der Waals surface area contributed by atoms with Gasteiger partial charge in [0.25, 0.3) is 0 Å². The molecule has 0 bridgehead atoms. The molecule has 0 saturated carbocycles. The minimum Gasteiger partial charge on any atom is -0.318 e. The number of carbonyl (C=O) groups is 1. The van der Waals surface area contributed by atoms with Crippen molar-refractivity contribution in [2.45, 2.75) is 26.1 Å². The van der Waals surface area contributed by atoms with Crippen LogP contribution >= 0.6 is 0 Å². The van der Waals surface area contributed by atoms with Gasteiger partial charge in [-0.1, -0.05) is 26.0 Å². The van der Waals surface area contributed by atoms with Gasteiger partial charge in [-0.3, -0.25) is 4.79 Å². The maximum absolute atomic E-state index is 12.3. The average Bonchev–Trinajstić information content (AvgIpc) is 2.26.